The summed E-state index contributed by atoms with van der Waals surface area (Å²) in [7, 11) is -3.13. The Labute approximate surface area is 182 Å². The van der Waals surface area contributed by atoms with Crippen LogP contribution in [-0.4, -0.2) is 44.0 Å². The molecule has 8 heteroatoms. The van der Waals surface area contributed by atoms with Gasteiger partial charge in [-0.3, -0.25) is 4.79 Å². The van der Waals surface area contributed by atoms with Gasteiger partial charge in [-0.25, -0.2) is 12.7 Å². The molecule has 2 heterocycles. The van der Waals surface area contributed by atoms with E-state index in [2.05, 4.69) is 11.4 Å². The molecule has 0 aromatic heterocycles. The predicted octanol–water partition coefficient (Wildman–Crippen LogP) is 3.51. The third kappa shape index (κ3) is 4.22. The van der Waals surface area contributed by atoms with Gasteiger partial charge in [0.15, 0.2) is 0 Å². The first kappa shape index (κ1) is 21.2. The standard InChI is InChI=1S/C22H27N3O3S2/c1-2-30(27,28)25-10-8-15(9-11-25)20-14-24-21-18(20)12-17(13-19(21)22(23)26)29-16-6-4-3-5-7-16/h3-7,12-13,15,20,24H,2,8-11,14H2,1H3,(H2,23,26). The quantitative estimate of drug-likeness (QED) is 0.710. The Hall–Kier alpha value is -2.03. The lowest BCUT2D eigenvalue weighted by Crippen LogP contribution is -2.40. The maximum Gasteiger partial charge on any atom is 0.250 e. The molecular formula is C22H27N3O3S2. The van der Waals surface area contributed by atoms with Gasteiger partial charge in [-0.05, 0) is 55.5 Å². The average molecular weight is 446 g/mol. The number of anilines is 1. The van der Waals surface area contributed by atoms with Crippen LogP contribution in [-0.2, 0) is 10.0 Å². The zero-order valence-corrected chi connectivity index (χ0v) is 18.6. The number of nitrogens with one attached hydrogen (secondary N) is 1. The van der Waals surface area contributed by atoms with Crippen LogP contribution in [0.1, 0.15) is 41.6 Å². The van der Waals surface area contributed by atoms with E-state index >= 15 is 0 Å². The van der Waals surface area contributed by atoms with E-state index in [9.17, 15) is 13.2 Å². The van der Waals surface area contributed by atoms with Gasteiger partial charge in [-0.1, -0.05) is 30.0 Å². The Bertz CT molecular complexity index is 1030. The lowest BCUT2D eigenvalue weighted by atomic mass is 9.81. The first-order valence-electron chi connectivity index (χ1n) is 10.3. The second kappa shape index (κ2) is 8.61. The molecule has 2 aliphatic heterocycles. The van der Waals surface area contributed by atoms with E-state index in [1.54, 1.807) is 23.0 Å². The molecule has 4 rings (SSSR count). The van der Waals surface area contributed by atoms with Gasteiger partial charge >= 0.3 is 0 Å². The van der Waals surface area contributed by atoms with Crippen LogP contribution in [0.2, 0.25) is 0 Å². The molecule has 0 spiro atoms. The molecule has 6 nitrogen and oxygen atoms in total. The van der Waals surface area contributed by atoms with Crippen molar-refractivity contribution in [2.24, 2.45) is 11.7 Å². The number of rotatable bonds is 6. The molecule has 2 aromatic carbocycles. The first-order chi connectivity index (χ1) is 14.4. The number of hydrogen-bond donors (Lipinski definition) is 2. The van der Waals surface area contributed by atoms with Crippen molar-refractivity contribution in [3.05, 3.63) is 53.6 Å². The van der Waals surface area contributed by atoms with Gasteiger partial charge in [0.1, 0.15) is 0 Å². The summed E-state index contributed by atoms with van der Waals surface area (Å²) in [5.74, 6) is 0.340. The average Bonchev–Trinajstić information content (AvgIpc) is 3.17. The Kier molecular flexibility index (Phi) is 6.09. The summed E-state index contributed by atoms with van der Waals surface area (Å²) in [4.78, 5) is 14.2. The summed E-state index contributed by atoms with van der Waals surface area (Å²) in [5.41, 5.74) is 8.19. The predicted molar refractivity (Wildman–Crippen MR) is 121 cm³/mol. The Morgan fingerprint density at radius 1 is 1.17 bits per heavy atom. The number of nitrogens with two attached hydrogens (primary N) is 1. The largest absolute Gasteiger partial charge is 0.384 e. The molecule has 2 aromatic rings. The van der Waals surface area contributed by atoms with Crippen LogP contribution in [0.25, 0.3) is 0 Å². The van der Waals surface area contributed by atoms with E-state index in [4.69, 9.17) is 5.73 Å². The second-order valence-electron chi connectivity index (χ2n) is 7.84. The highest BCUT2D eigenvalue weighted by molar-refractivity contribution is 7.99. The fraction of sp³-hybridized carbons (Fsp3) is 0.409. The minimum absolute atomic E-state index is 0.146. The summed E-state index contributed by atoms with van der Waals surface area (Å²) >= 11 is 1.62. The zero-order valence-electron chi connectivity index (χ0n) is 17.0. The Balaban J connectivity index is 1.59. The number of carbonyl (C=O) groups excluding carboxylic acids is 1. The summed E-state index contributed by atoms with van der Waals surface area (Å²) in [6, 6.07) is 14.1. The molecule has 1 saturated heterocycles. The van der Waals surface area contributed by atoms with Crippen LogP contribution < -0.4 is 11.1 Å². The number of benzene rings is 2. The fourth-order valence-electron chi connectivity index (χ4n) is 4.49. The topological polar surface area (TPSA) is 92.5 Å². The van der Waals surface area contributed by atoms with Crippen molar-refractivity contribution in [3.63, 3.8) is 0 Å². The van der Waals surface area contributed by atoms with Gasteiger partial charge in [0.2, 0.25) is 10.0 Å². The smallest absolute Gasteiger partial charge is 0.250 e. The van der Waals surface area contributed by atoms with Crippen molar-refractivity contribution in [2.75, 3.05) is 30.7 Å². The highest BCUT2D eigenvalue weighted by atomic mass is 32.2. The van der Waals surface area contributed by atoms with E-state index in [1.807, 2.05) is 36.4 Å². The molecule has 160 valence electrons. The molecule has 1 fully saturated rings. The molecule has 0 radical (unpaired) electrons. The fourth-order valence-corrected chi connectivity index (χ4v) is 6.55. The van der Waals surface area contributed by atoms with Crippen molar-refractivity contribution in [2.45, 2.75) is 35.5 Å². The van der Waals surface area contributed by atoms with Gasteiger partial charge in [0, 0.05) is 35.3 Å². The molecule has 1 atom stereocenters. The molecular weight excluding hydrogens is 418 g/mol. The summed E-state index contributed by atoms with van der Waals surface area (Å²) < 4.78 is 26.0. The van der Waals surface area contributed by atoms with Crippen LogP contribution in [0, 0.1) is 5.92 Å². The van der Waals surface area contributed by atoms with Crippen molar-refractivity contribution in [1.29, 1.82) is 0 Å². The highest BCUT2D eigenvalue weighted by Gasteiger charge is 2.36. The monoisotopic (exact) mass is 445 g/mol. The second-order valence-corrected chi connectivity index (χ2v) is 11.2. The van der Waals surface area contributed by atoms with Gasteiger partial charge in [0.25, 0.3) is 5.91 Å². The summed E-state index contributed by atoms with van der Waals surface area (Å²) in [6.45, 7) is 3.57. The van der Waals surface area contributed by atoms with Crippen molar-refractivity contribution in [1.82, 2.24) is 4.31 Å². The molecule has 0 saturated carbocycles. The van der Waals surface area contributed by atoms with Gasteiger partial charge in [0.05, 0.1) is 17.0 Å². The van der Waals surface area contributed by atoms with E-state index < -0.39 is 15.9 Å². The molecule has 2 aliphatic rings. The third-order valence-electron chi connectivity index (χ3n) is 6.11. The number of carbonyl (C=O) groups is 1. The van der Waals surface area contributed by atoms with E-state index in [0.717, 1.165) is 40.4 Å². The minimum Gasteiger partial charge on any atom is -0.384 e. The third-order valence-corrected chi connectivity index (χ3v) is 8.97. The molecule has 0 aliphatic carbocycles. The number of sulfonamides is 1. The van der Waals surface area contributed by atoms with Crippen molar-refractivity contribution < 1.29 is 13.2 Å². The van der Waals surface area contributed by atoms with Crippen molar-refractivity contribution >= 4 is 33.4 Å². The maximum atomic E-state index is 12.2. The van der Waals surface area contributed by atoms with Crippen LogP contribution >= 0.6 is 11.8 Å². The number of amides is 1. The highest BCUT2D eigenvalue weighted by Crippen LogP contribution is 2.44. The minimum atomic E-state index is -3.13. The van der Waals surface area contributed by atoms with Crippen LogP contribution in [0.5, 0.6) is 0 Å². The SMILES string of the molecule is CCS(=O)(=O)N1CCC(C2CNc3c(C(N)=O)cc(Sc4ccccc4)cc32)CC1. The van der Waals surface area contributed by atoms with Gasteiger partial charge in [-0.2, -0.15) is 0 Å². The summed E-state index contributed by atoms with van der Waals surface area (Å²) in [5, 5.41) is 3.40. The van der Waals surface area contributed by atoms with E-state index in [-0.39, 0.29) is 11.7 Å². The normalized spacial score (nSPS) is 20.0. The number of nitrogens with zero attached hydrogens (tertiary/aromatic N) is 1. The molecule has 1 amide bonds. The van der Waals surface area contributed by atoms with Crippen molar-refractivity contribution in [3.8, 4) is 0 Å². The Morgan fingerprint density at radius 2 is 1.87 bits per heavy atom. The summed E-state index contributed by atoms with van der Waals surface area (Å²) in [6.07, 6.45) is 1.65. The van der Waals surface area contributed by atoms with E-state index in [1.165, 1.54) is 0 Å². The van der Waals surface area contributed by atoms with Crippen LogP contribution in [0.3, 0.4) is 0 Å². The number of primary amides is 1. The molecule has 1 unspecified atom stereocenters. The van der Waals surface area contributed by atoms with Crippen LogP contribution in [0.4, 0.5) is 5.69 Å². The first-order valence-corrected chi connectivity index (χ1v) is 12.7. The molecule has 30 heavy (non-hydrogen) atoms. The maximum absolute atomic E-state index is 12.2. The lowest BCUT2D eigenvalue weighted by Gasteiger charge is -2.34. The number of fused-ring (bicyclic) bond motifs is 1. The van der Waals surface area contributed by atoms with Gasteiger partial charge < -0.3 is 11.1 Å². The Morgan fingerprint density at radius 3 is 2.50 bits per heavy atom. The molecule has 0 bridgehead atoms. The number of piperidine rings is 1. The van der Waals surface area contributed by atoms with Gasteiger partial charge in [-0.15, -0.1) is 0 Å². The van der Waals surface area contributed by atoms with E-state index in [0.29, 0.717) is 24.6 Å². The molecule has 3 N–H and O–H groups in total. The zero-order chi connectivity index (χ0) is 21.3. The number of hydrogen-bond acceptors (Lipinski definition) is 5. The lowest BCUT2D eigenvalue weighted by molar-refractivity contribution is 0.100. The van der Waals surface area contributed by atoms with Crippen LogP contribution in [0.15, 0.2) is 52.3 Å².